The van der Waals surface area contributed by atoms with Gasteiger partial charge in [-0.25, -0.2) is 13.4 Å². The number of nitrogen functional groups attached to an aromatic ring is 1. The second kappa shape index (κ2) is 5.37. The maximum Gasteiger partial charge on any atom is 0.267 e. The minimum atomic E-state index is -3.79. The maximum atomic E-state index is 12.2. The zero-order chi connectivity index (χ0) is 14.8. The second-order valence-electron chi connectivity index (χ2n) is 3.93. The molecule has 0 spiro atoms. The summed E-state index contributed by atoms with van der Waals surface area (Å²) < 4.78 is 33.1. The van der Waals surface area contributed by atoms with Gasteiger partial charge in [-0.1, -0.05) is 0 Å². The molecule has 0 bridgehead atoms. The number of nitrogens with two attached hydrogens (primary N) is 1. The van der Waals surface area contributed by atoms with Crippen molar-refractivity contribution in [3.05, 3.63) is 24.5 Å². The van der Waals surface area contributed by atoms with Gasteiger partial charge >= 0.3 is 0 Å². The Morgan fingerprint density at radius 2 is 2.20 bits per heavy atom. The van der Waals surface area contributed by atoms with E-state index in [0.29, 0.717) is 18.1 Å². The zero-order valence-electron chi connectivity index (χ0n) is 11.1. The predicted octanol–water partition coefficient (Wildman–Crippen LogP) is 0.690. The molecule has 2 heterocycles. The van der Waals surface area contributed by atoms with Crippen LogP contribution in [0.3, 0.4) is 0 Å². The molecule has 2 aromatic heterocycles. The van der Waals surface area contributed by atoms with E-state index in [0.717, 1.165) is 0 Å². The number of aromatic nitrogens is 3. The summed E-state index contributed by atoms with van der Waals surface area (Å²) in [4.78, 5) is 3.86. The van der Waals surface area contributed by atoms with Crippen LogP contribution in [0.4, 0.5) is 11.5 Å². The van der Waals surface area contributed by atoms with E-state index in [4.69, 9.17) is 10.5 Å². The number of pyridine rings is 1. The molecule has 3 N–H and O–H groups in total. The van der Waals surface area contributed by atoms with Gasteiger partial charge in [0.2, 0.25) is 5.88 Å². The highest BCUT2D eigenvalue weighted by molar-refractivity contribution is 7.92. The lowest BCUT2D eigenvalue weighted by molar-refractivity contribution is 0.398. The van der Waals surface area contributed by atoms with E-state index in [1.165, 1.54) is 24.2 Å². The summed E-state index contributed by atoms with van der Waals surface area (Å²) in [7, 11) is -2.31. The minimum Gasteiger partial charge on any atom is -0.481 e. The molecule has 0 aliphatic heterocycles. The average molecular weight is 297 g/mol. The third-order valence-electron chi connectivity index (χ3n) is 2.57. The van der Waals surface area contributed by atoms with Crippen LogP contribution in [0.5, 0.6) is 5.88 Å². The lowest BCUT2D eigenvalue weighted by atomic mass is 10.4. The molecule has 20 heavy (non-hydrogen) atoms. The van der Waals surface area contributed by atoms with Crippen LogP contribution in [-0.2, 0) is 16.6 Å². The Morgan fingerprint density at radius 3 is 2.70 bits per heavy atom. The highest BCUT2D eigenvalue weighted by Gasteiger charge is 2.21. The molecule has 9 heteroatoms. The SMILES string of the molecule is CCn1cc(S(=O)(=O)Nc2ccc(OC)nc2)c(N)n1. The van der Waals surface area contributed by atoms with Crippen molar-refractivity contribution in [3.8, 4) is 5.88 Å². The summed E-state index contributed by atoms with van der Waals surface area (Å²) in [5, 5.41) is 3.90. The van der Waals surface area contributed by atoms with Crippen molar-refractivity contribution in [2.75, 3.05) is 17.6 Å². The Bertz CT molecular complexity index is 693. The van der Waals surface area contributed by atoms with Crippen LogP contribution in [-0.4, -0.2) is 30.3 Å². The van der Waals surface area contributed by atoms with Crippen molar-refractivity contribution in [3.63, 3.8) is 0 Å². The number of aryl methyl sites for hydroxylation is 1. The van der Waals surface area contributed by atoms with Gasteiger partial charge in [0.05, 0.1) is 19.0 Å². The average Bonchev–Trinajstić information content (AvgIpc) is 2.81. The summed E-state index contributed by atoms with van der Waals surface area (Å²) in [5.74, 6) is 0.354. The van der Waals surface area contributed by atoms with Crippen LogP contribution >= 0.6 is 0 Å². The molecule has 0 aliphatic carbocycles. The number of ether oxygens (including phenoxy) is 1. The highest BCUT2D eigenvalue weighted by Crippen LogP contribution is 2.20. The van der Waals surface area contributed by atoms with Gasteiger partial charge in [0.25, 0.3) is 10.0 Å². The van der Waals surface area contributed by atoms with Crippen molar-refractivity contribution in [1.29, 1.82) is 0 Å². The number of anilines is 2. The van der Waals surface area contributed by atoms with Crippen LogP contribution in [0, 0.1) is 0 Å². The largest absolute Gasteiger partial charge is 0.481 e. The Balaban J connectivity index is 2.27. The molecule has 0 aromatic carbocycles. The highest BCUT2D eigenvalue weighted by atomic mass is 32.2. The number of hydrogen-bond donors (Lipinski definition) is 2. The standard InChI is InChI=1S/C11H15N5O3S/c1-3-16-7-9(11(12)14-16)20(17,18)15-8-4-5-10(19-2)13-6-8/h4-7,15H,3H2,1-2H3,(H2,12,14). The van der Waals surface area contributed by atoms with Crippen molar-refractivity contribution < 1.29 is 13.2 Å². The summed E-state index contributed by atoms with van der Waals surface area (Å²) in [6.45, 7) is 2.37. The smallest absolute Gasteiger partial charge is 0.267 e. The molecule has 0 saturated heterocycles. The summed E-state index contributed by atoms with van der Waals surface area (Å²) in [5.41, 5.74) is 5.93. The molecule has 108 valence electrons. The minimum absolute atomic E-state index is 0.0409. The fourth-order valence-electron chi connectivity index (χ4n) is 1.56. The van der Waals surface area contributed by atoms with Crippen molar-refractivity contribution >= 4 is 21.5 Å². The molecule has 2 rings (SSSR count). The van der Waals surface area contributed by atoms with Gasteiger partial charge in [-0.2, -0.15) is 5.10 Å². The monoisotopic (exact) mass is 297 g/mol. The lowest BCUT2D eigenvalue weighted by Crippen LogP contribution is -2.14. The number of hydrogen-bond acceptors (Lipinski definition) is 6. The van der Waals surface area contributed by atoms with Crippen LogP contribution in [0.1, 0.15) is 6.92 Å². The first kappa shape index (κ1) is 14.1. The Morgan fingerprint density at radius 1 is 1.45 bits per heavy atom. The third kappa shape index (κ3) is 2.82. The van der Waals surface area contributed by atoms with Crippen molar-refractivity contribution in [2.24, 2.45) is 0 Å². The van der Waals surface area contributed by atoms with E-state index >= 15 is 0 Å². The van der Waals surface area contributed by atoms with Crippen molar-refractivity contribution in [2.45, 2.75) is 18.4 Å². The molecule has 0 unspecified atom stereocenters. The quantitative estimate of drug-likeness (QED) is 0.839. The van der Waals surface area contributed by atoms with E-state index in [1.54, 1.807) is 12.1 Å². The Hall–Kier alpha value is -2.29. The molecule has 8 nitrogen and oxygen atoms in total. The lowest BCUT2D eigenvalue weighted by Gasteiger charge is -2.06. The van der Waals surface area contributed by atoms with Gasteiger partial charge in [-0.15, -0.1) is 0 Å². The van der Waals surface area contributed by atoms with Crippen LogP contribution in [0.2, 0.25) is 0 Å². The molecule has 2 aromatic rings. The summed E-state index contributed by atoms with van der Waals surface area (Å²) in [6.07, 6.45) is 2.74. The van der Waals surface area contributed by atoms with E-state index in [2.05, 4.69) is 14.8 Å². The molecule has 0 atom stereocenters. The van der Waals surface area contributed by atoms with Gasteiger partial charge < -0.3 is 10.5 Å². The fraction of sp³-hybridized carbons (Fsp3) is 0.273. The molecular formula is C11H15N5O3S. The van der Waals surface area contributed by atoms with Gasteiger partial charge in [-0.05, 0) is 13.0 Å². The predicted molar refractivity (Wildman–Crippen MR) is 73.9 cm³/mol. The number of rotatable bonds is 5. The van der Waals surface area contributed by atoms with Gasteiger partial charge in [-0.3, -0.25) is 9.40 Å². The number of nitrogens with one attached hydrogen (secondary N) is 1. The van der Waals surface area contributed by atoms with Crippen LogP contribution in [0.15, 0.2) is 29.4 Å². The summed E-state index contributed by atoms with van der Waals surface area (Å²) >= 11 is 0. The molecule has 0 saturated carbocycles. The zero-order valence-corrected chi connectivity index (χ0v) is 11.9. The van der Waals surface area contributed by atoms with E-state index in [1.807, 2.05) is 6.92 Å². The van der Waals surface area contributed by atoms with E-state index < -0.39 is 10.0 Å². The number of sulfonamides is 1. The summed E-state index contributed by atoms with van der Waals surface area (Å²) in [6, 6.07) is 3.10. The topological polar surface area (TPSA) is 112 Å². The van der Waals surface area contributed by atoms with Crippen LogP contribution < -0.4 is 15.2 Å². The van der Waals surface area contributed by atoms with Gasteiger partial charge in [0.15, 0.2) is 5.82 Å². The first-order valence-electron chi connectivity index (χ1n) is 5.82. The van der Waals surface area contributed by atoms with Crippen LogP contribution in [0.25, 0.3) is 0 Å². The third-order valence-corrected chi connectivity index (χ3v) is 3.96. The number of nitrogens with zero attached hydrogens (tertiary/aromatic N) is 3. The number of methoxy groups -OCH3 is 1. The van der Waals surface area contributed by atoms with Gasteiger partial charge in [0.1, 0.15) is 4.90 Å². The van der Waals surface area contributed by atoms with Crippen molar-refractivity contribution in [1.82, 2.24) is 14.8 Å². The molecule has 0 aliphatic rings. The molecule has 0 amide bonds. The first-order chi connectivity index (χ1) is 9.46. The fourth-order valence-corrected chi connectivity index (χ4v) is 2.68. The van der Waals surface area contributed by atoms with Gasteiger partial charge in [0, 0.05) is 18.8 Å². The van der Waals surface area contributed by atoms with E-state index in [-0.39, 0.29) is 10.7 Å². The molecular weight excluding hydrogens is 282 g/mol. The molecule has 0 fully saturated rings. The Kier molecular flexibility index (Phi) is 3.79. The van der Waals surface area contributed by atoms with E-state index in [9.17, 15) is 8.42 Å². The maximum absolute atomic E-state index is 12.2. The molecule has 0 radical (unpaired) electrons. The normalized spacial score (nSPS) is 11.3. The Labute approximate surface area is 116 Å². The first-order valence-corrected chi connectivity index (χ1v) is 7.30. The second-order valence-corrected chi connectivity index (χ2v) is 5.58.